The van der Waals surface area contributed by atoms with E-state index in [1.807, 2.05) is 0 Å². The van der Waals surface area contributed by atoms with Crippen LogP contribution in [0.2, 0.25) is 0 Å². The molecule has 1 N–H and O–H groups in total. The molecule has 2 aromatic carbocycles. The Labute approximate surface area is 188 Å². The van der Waals surface area contributed by atoms with E-state index in [-0.39, 0.29) is 6.61 Å². The summed E-state index contributed by atoms with van der Waals surface area (Å²) in [7, 11) is -2.38. The van der Waals surface area contributed by atoms with E-state index < -0.39 is 28.4 Å². The maximum absolute atomic E-state index is 12.2. The number of carbonyl (C=O) groups is 2. The Hall–Kier alpha value is -2.67. The number of carbonyl (C=O) groups excluding carboxylic acids is 2. The zero-order valence-corrected chi connectivity index (χ0v) is 19.2. The lowest BCUT2D eigenvalue weighted by molar-refractivity contribution is -0.142. The minimum atomic E-state index is -3.65. The Kier molecular flexibility index (Phi) is 8.59. The van der Waals surface area contributed by atoms with Crippen molar-refractivity contribution < 1.29 is 27.5 Å². The van der Waals surface area contributed by atoms with Crippen molar-refractivity contribution in [3.05, 3.63) is 57.7 Å². The van der Waals surface area contributed by atoms with Gasteiger partial charge in [0, 0.05) is 3.57 Å². The van der Waals surface area contributed by atoms with Crippen LogP contribution in [-0.4, -0.2) is 53.0 Å². The molecule has 2 rings (SSSR count). The fraction of sp³-hybridized carbons (Fsp3) is 0.211. The zero-order chi connectivity index (χ0) is 22.1. The Morgan fingerprint density at radius 3 is 2.33 bits per heavy atom. The van der Waals surface area contributed by atoms with Crippen LogP contribution in [0.5, 0.6) is 5.75 Å². The third-order valence-electron chi connectivity index (χ3n) is 3.67. The number of hydrazone groups is 1. The molecular formula is C19H20IN3O6S. The van der Waals surface area contributed by atoms with Gasteiger partial charge in [0.15, 0.2) is 6.61 Å². The lowest BCUT2D eigenvalue weighted by atomic mass is 10.2. The number of esters is 1. The monoisotopic (exact) mass is 545 g/mol. The fourth-order valence-corrected chi connectivity index (χ4v) is 3.42. The summed E-state index contributed by atoms with van der Waals surface area (Å²) in [5.74, 6) is -0.604. The number of rotatable bonds is 9. The van der Waals surface area contributed by atoms with Gasteiger partial charge in [-0.3, -0.25) is 9.10 Å². The van der Waals surface area contributed by atoms with Crippen molar-refractivity contribution in [1.82, 2.24) is 5.43 Å². The Bertz CT molecular complexity index is 1010. The molecule has 0 heterocycles. The third-order valence-corrected chi connectivity index (χ3v) is 5.53. The minimum Gasteiger partial charge on any atom is -0.482 e. The van der Waals surface area contributed by atoms with E-state index in [0.29, 0.717) is 17.0 Å². The highest BCUT2D eigenvalue weighted by molar-refractivity contribution is 14.1. The first-order chi connectivity index (χ1) is 14.2. The molecule has 0 radical (unpaired) electrons. The normalized spacial score (nSPS) is 11.2. The number of ether oxygens (including phenoxy) is 2. The smallest absolute Gasteiger partial charge is 0.343 e. The molecule has 0 aromatic heterocycles. The van der Waals surface area contributed by atoms with Gasteiger partial charge in [0.2, 0.25) is 10.0 Å². The first-order valence-corrected chi connectivity index (χ1v) is 11.5. The van der Waals surface area contributed by atoms with E-state index in [9.17, 15) is 18.0 Å². The van der Waals surface area contributed by atoms with Crippen LogP contribution in [0.25, 0.3) is 0 Å². The Morgan fingerprint density at radius 2 is 1.77 bits per heavy atom. The molecule has 0 aliphatic heterocycles. The number of sulfonamides is 1. The molecule has 0 aliphatic carbocycles. The van der Waals surface area contributed by atoms with Gasteiger partial charge in [-0.1, -0.05) is 0 Å². The van der Waals surface area contributed by atoms with Crippen LogP contribution in [0.15, 0.2) is 53.6 Å². The summed E-state index contributed by atoms with van der Waals surface area (Å²) >= 11 is 2.11. The molecule has 0 fully saturated rings. The van der Waals surface area contributed by atoms with Gasteiger partial charge >= 0.3 is 5.97 Å². The molecule has 0 unspecified atom stereocenters. The highest BCUT2D eigenvalue weighted by atomic mass is 127. The SMILES string of the molecule is COC(=O)COc1ccc(/C=N\NC(=O)CN(c2ccc(I)cc2)S(C)(=O)=O)cc1. The maximum Gasteiger partial charge on any atom is 0.343 e. The van der Waals surface area contributed by atoms with E-state index >= 15 is 0 Å². The van der Waals surface area contributed by atoms with E-state index in [2.05, 4.69) is 37.9 Å². The molecule has 0 saturated heterocycles. The van der Waals surface area contributed by atoms with Crippen molar-refractivity contribution >= 4 is 56.4 Å². The molecule has 9 nitrogen and oxygen atoms in total. The van der Waals surface area contributed by atoms with E-state index in [1.54, 1.807) is 48.5 Å². The van der Waals surface area contributed by atoms with E-state index in [1.165, 1.54) is 13.3 Å². The molecule has 30 heavy (non-hydrogen) atoms. The van der Waals surface area contributed by atoms with Crippen LogP contribution in [0, 0.1) is 3.57 Å². The van der Waals surface area contributed by atoms with Crippen molar-refractivity contribution in [2.24, 2.45) is 5.10 Å². The minimum absolute atomic E-state index is 0.197. The van der Waals surface area contributed by atoms with Gasteiger partial charge in [-0.25, -0.2) is 18.6 Å². The molecule has 1 amide bonds. The second-order valence-electron chi connectivity index (χ2n) is 5.97. The molecule has 0 saturated carbocycles. The van der Waals surface area contributed by atoms with Crippen LogP contribution in [-0.2, 0) is 24.3 Å². The summed E-state index contributed by atoms with van der Waals surface area (Å²) in [4.78, 5) is 23.2. The lowest BCUT2D eigenvalue weighted by Gasteiger charge is -2.21. The van der Waals surface area contributed by atoms with Crippen LogP contribution < -0.4 is 14.5 Å². The molecule has 2 aromatic rings. The van der Waals surface area contributed by atoms with Crippen molar-refractivity contribution in [2.75, 3.05) is 30.8 Å². The number of benzene rings is 2. The van der Waals surface area contributed by atoms with Crippen molar-refractivity contribution in [3.8, 4) is 5.75 Å². The van der Waals surface area contributed by atoms with Gasteiger partial charge in [0.05, 0.1) is 25.3 Å². The maximum atomic E-state index is 12.2. The predicted molar refractivity (Wildman–Crippen MR) is 121 cm³/mol. The van der Waals surface area contributed by atoms with Crippen LogP contribution in [0.1, 0.15) is 5.56 Å². The summed E-state index contributed by atoms with van der Waals surface area (Å²) in [6.45, 7) is -0.603. The zero-order valence-electron chi connectivity index (χ0n) is 16.2. The second-order valence-corrected chi connectivity index (χ2v) is 9.13. The van der Waals surface area contributed by atoms with E-state index in [4.69, 9.17) is 4.74 Å². The first-order valence-electron chi connectivity index (χ1n) is 8.54. The lowest BCUT2D eigenvalue weighted by Crippen LogP contribution is -2.39. The van der Waals surface area contributed by atoms with Crippen molar-refractivity contribution in [1.29, 1.82) is 0 Å². The van der Waals surface area contributed by atoms with Gasteiger partial charge in [-0.05, 0) is 76.7 Å². The number of halogens is 1. The Morgan fingerprint density at radius 1 is 1.13 bits per heavy atom. The number of nitrogens with zero attached hydrogens (tertiary/aromatic N) is 2. The molecule has 0 aliphatic rings. The van der Waals surface area contributed by atoms with Crippen molar-refractivity contribution in [3.63, 3.8) is 0 Å². The summed E-state index contributed by atoms with van der Waals surface area (Å²) < 4.78 is 35.8. The van der Waals surface area contributed by atoms with E-state index in [0.717, 1.165) is 14.1 Å². The van der Waals surface area contributed by atoms with Crippen LogP contribution >= 0.6 is 22.6 Å². The van der Waals surface area contributed by atoms with Gasteiger partial charge in [-0.15, -0.1) is 0 Å². The quantitative estimate of drug-likeness (QED) is 0.222. The van der Waals surface area contributed by atoms with Gasteiger partial charge in [0.1, 0.15) is 12.3 Å². The highest BCUT2D eigenvalue weighted by Crippen LogP contribution is 2.18. The number of hydrogen-bond donors (Lipinski definition) is 1. The summed E-state index contributed by atoms with van der Waals surface area (Å²) in [6.07, 6.45) is 2.43. The molecule has 0 atom stereocenters. The molecule has 0 spiro atoms. The predicted octanol–water partition coefficient (Wildman–Crippen LogP) is 1.76. The number of methoxy groups -OCH3 is 1. The number of amides is 1. The first kappa shape index (κ1) is 23.6. The molecule has 11 heteroatoms. The third kappa shape index (κ3) is 7.63. The van der Waals surface area contributed by atoms with Gasteiger partial charge in [0.25, 0.3) is 5.91 Å². The molecule has 160 valence electrons. The molecular weight excluding hydrogens is 525 g/mol. The largest absolute Gasteiger partial charge is 0.482 e. The average molecular weight is 545 g/mol. The van der Waals surface area contributed by atoms with Gasteiger partial charge < -0.3 is 9.47 Å². The standard InChI is InChI=1S/C19H20IN3O6S/c1-28-19(25)13-29-17-9-3-14(4-10-17)11-21-22-18(24)12-23(30(2,26)27)16-7-5-15(20)6-8-16/h3-11H,12-13H2,1-2H3,(H,22,24)/b21-11-. The van der Waals surface area contributed by atoms with Gasteiger partial charge in [-0.2, -0.15) is 5.10 Å². The summed E-state index contributed by atoms with van der Waals surface area (Å²) in [5, 5.41) is 3.84. The second kappa shape index (κ2) is 10.9. The van der Waals surface area contributed by atoms with Crippen LogP contribution in [0.3, 0.4) is 0 Å². The summed E-state index contributed by atoms with van der Waals surface area (Å²) in [6, 6.07) is 13.4. The molecule has 0 bridgehead atoms. The fourth-order valence-electron chi connectivity index (χ4n) is 2.20. The topological polar surface area (TPSA) is 114 Å². The number of anilines is 1. The summed E-state index contributed by atoms with van der Waals surface area (Å²) in [5.41, 5.74) is 3.36. The number of hydrogen-bond acceptors (Lipinski definition) is 7. The Balaban J connectivity index is 1.94. The van der Waals surface area contributed by atoms with Crippen molar-refractivity contribution in [2.45, 2.75) is 0 Å². The highest BCUT2D eigenvalue weighted by Gasteiger charge is 2.20. The van der Waals surface area contributed by atoms with Crippen LogP contribution in [0.4, 0.5) is 5.69 Å². The average Bonchev–Trinajstić information content (AvgIpc) is 2.71. The number of nitrogens with one attached hydrogen (secondary N) is 1.